The van der Waals surface area contributed by atoms with E-state index in [1.165, 1.54) is 0 Å². The number of nitrogens with zero attached hydrogens (tertiary/aromatic N) is 1. The highest BCUT2D eigenvalue weighted by molar-refractivity contribution is 6.32. The summed E-state index contributed by atoms with van der Waals surface area (Å²) < 4.78 is 5.53. The monoisotopic (exact) mass is 342 g/mol. The molecule has 3 aromatic rings. The lowest BCUT2D eigenvalue weighted by atomic mass is 10.0. The average molecular weight is 343 g/mol. The van der Waals surface area contributed by atoms with E-state index < -0.39 is 0 Å². The fourth-order valence-corrected chi connectivity index (χ4v) is 2.62. The first kappa shape index (κ1) is 16.2. The van der Waals surface area contributed by atoms with Gasteiger partial charge in [0, 0.05) is 11.8 Å². The van der Waals surface area contributed by atoms with Crippen molar-refractivity contribution in [2.45, 2.75) is 6.04 Å². The summed E-state index contributed by atoms with van der Waals surface area (Å²) in [6, 6.07) is 17.0. The van der Waals surface area contributed by atoms with E-state index in [0.29, 0.717) is 5.69 Å². The van der Waals surface area contributed by atoms with Crippen LogP contribution in [0.2, 0.25) is 5.15 Å². The number of benzene rings is 1. The summed E-state index contributed by atoms with van der Waals surface area (Å²) in [7, 11) is 0. The number of nitrogens with one attached hydrogen (secondary N) is 1. The van der Waals surface area contributed by atoms with Gasteiger partial charge in [-0.1, -0.05) is 41.9 Å². The van der Waals surface area contributed by atoms with Crippen LogP contribution >= 0.6 is 11.6 Å². The van der Waals surface area contributed by atoms with Gasteiger partial charge in [0.25, 0.3) is 5.91 Å². The molecule has 0 aliphatic heterocycles. The van der Waals surface area contributed by atoms with Crippen molar-refractivity contribution in [1.82, 2.24) is 4.98 Å². The van der Waals surface area contributed by atoms with Crippen molar-refractivity contribution < 1.29 is 14.5 Å². The van der Waals surface area contributed by atoms with E-state index in [-0.39, 0.29) is 23.6 Å². The van der Waals surface area contributed by atoms with Crippen LogP contribution in [0.25, 0.3) is 0 Å². The third-order valence-electron chi connectivity index (χ3n) is 3.58. The van der Waals surface area contributed by atoms with Crippen LogP contribution in [0.15, 0.2) is 71.5 Å². The lowest BCUT2D eigenvalue weighted by molar-refractivity contribution is -0.678. The summed E-state index contributed by atoms with van der Waals surface area (Å²) in [5.41, 5.74) is 1.58. The zero-order valence-electron chi connectivity index (χ0n) is 12.9. The van der Waals surface area contributed by atoms with Crippen LogP contribution in [-0.4, -0.2) is 17.4 Å². The number of halogens is 1. The van der Waals surface area contributed by atoms with Crippen LogP contribution in [-0.2, 0) is 4.79 Å². The van der Waals surface area contributed by atoms with Crippen molar-refractivity contribution in [1.29, 1.82) is 0 Å². The van der Waals surface area contributed by atoms with Crippen LogP contribution < -0.4 is 10.6 Å². The van der Waals surface area contributed by atoms with E-state index in [9.17, 15) is 4.79 Å². The molecular weight excluding hydrogens is 326 g/mol. The van der Waals surface area contributed by atoms with Crippen LogP contribution in [0, 0.1) is 0 Å². The number of hydrogen-bond acceptors (Lipinski definition) is 3. The second kappa shape index (κ2) is 7.77. The molecular formula is C18H17ClN3O2+. The molecule has 0 unspecified atom stereocenters. The second-order valence-corrected chi connectivity index (χ2v) is 5.59. The summed E-state index contributed by atoms with van der Waals surface area (Å²) in [5, 5.41) is 4.97. The molecule has 0 aliphatic carbocycles. The molecule has 6 heteroatoms. The Balaban J connectivity index is 1.68. The zero-order chi connectivity index (χ0) is 16.8. The minimum atomic E-state index is -0.155. The van der Waals surface area contributed by atoms with Crippen molar-refractivity contribution in [3.63, 3.8) is 0 Å². The van der Waals surface area contributed by atoms with E-state index in [1.54, 1.807) is 24.6 Å². The number of rotatable bonds is 6. The van der Waals surface area contributed by atoms with Crippen molar-refractivity contribution >= 4 is 23.2 Å². The molecule has 122 valence electrons. The number of aromatic nitrogens is 1. The Kier molecular flexibility index (Phi) is 5.25. The number of carbonyl (C=O) groups is 1. The van der Waals surface area contributed by atoms with Gasteiger partial charge < -0.3 is 15.1 Å². The predicted octanol–water partition coefficient (Wildman–Crippen LogP) is 2.62. The van der Waals surface area contributed by atoms with E-state index in [0.717, 1.165) is 11.3 Å². The molecule has 2 aromatic heterocycles. The standard InChI is InChI=1S/C18H16ClN3O2/c19-18-14(8-4-10-20-18)22-16(23)12-21-17(15-9-5-11-24-15)13-6-2-1-3-7-13/h1-11,17,21H,12H2,(H,22,23)/p+1/t17-/m0/s1. The average Bonchev–Trinajstić information content (AvgIpc) is 3.12. The third kappa shape index (κ3) is 4.01. The van der Waals surface area contributed by atoms with Gasteiger partial charge in [-0.25, -0.2) is 4.98 Å². The molecule has 0 saturated carbocycles. The van der Waals surface area contributed by atoms with Crippen molar-refractivity contribution in [2.24, 2.45) is 0 Å². The first-order valence-electron chi connectivity index (χ1n) is 7.56. The van der Waals surface area contributed by atoms with Crippen LogP contribution in [0.4, 0.5) is 5.69 Å². The van der Waals surface area contributed by atoms with Gasteiger partial charge in [0.2, 0.25) is 0 Å². The molecule has 2 heterocycles. The summed E-state index contributed by atoms with van der Waals surface area (Å²) in [4.78, 5) is 16.2. The molecule has 0 radical (unpaired) electrons. The maximum atomic E-state index is 12.2. The number of pyridine rings is 1. The molecule has 0 saturated heterocycles. The highest BCUT2D eigenvalue weighted by atomic mass is 35.5. The van der Waals surface area contributed by atoms with Gasteiger partial charge in [-0.2, -0.15) is 0 Å². The Labute approximate surface area is 144 Å². The first-order chi connectivity index (χ1) is 11.7. The summed E-state index contributed by atoms with van der Waals surface area (Å²) >= 11 is 5.96. The molecule has 0 spiro atoms. The van der Waals surface area contributed by atoms with Crippen LogP contribution in [0.1, 0.15) is 17.4 Å². The molecule has 1 aromatic carbocycles. The van der Waals surface area contributed by atoms with Gasteiger partial charge in [0.1, 0.15) is 0 Å². The van der Waals surface area contributed by atoms with Crippen molar-refractivity contribution in [2.75, 3.05) is 11.9 Å². The van der Waals surface area contributed by atoms with E-state index in [4.69, 9.17) is 16.0 Å². The first-order valence-corrected chi connectivity index (χ1v) is 7.94. The third-order valence-corrected chi connectivity index (χ3v) is 3.88. The van der Waals surface area contributed by atoms with Crippen molar-refractivity contribution in [3.05, 3.63) is 83.5 Å². The minimum absolute atomic E-state index is 0.0867. The fraction of sp³-hybridized carbons (Fsp3) is 0.111. The molecule has 24 heavy (non-hydrogen) atoms. The SMILES string of the molecule is O=C(C[NH2+][C@@H](c1ccccc1)c1ccco1)Nc1cccnc1Cl. The smallest absolute Gasteiger partial charge is 0.279 e. The van der Waals surface area contributed by atoms with Crippen LogP contribution in [0.5, 0.6) is 0 Å². The lowest BCUT2D eigenvalue weighted by Crippen LogP contribution is -2.87. The molecule has 1 atom stereocenters. The fourth-order valence-electron chi connectivity index (χ4n) is 2.45. The molecule has 1 amide bonds. The molecule has 0 fully saturated rings. The Morgan fingerprint density at radius 1 is 1.17 bits per heavy atom. The second-order valence-electron chi connectivity index (χ2n) is 5.23. The number of carbonyl (C=O) groups excluding carboxylic acids is 1. The van der Waals surface area contributed by atoms with Gasteiger partial charge in [0.05, 0.1) is 12.0 Å². The maximum absolute atomic E-state index is 12.2. The topological polar surface area (TPSA) is 71.7 Å². The van der Waals surface area contributed by atoms with Gasteiger partial charge in [-0.3, -0.25) is 4.79 Å². The number of nitrogens with two attached hydrogens (primary N) is 1. The number of hydrogen-bond donors (Lipinski definition) is 2. The molecule has 5 nitrogen and oxygen atoms in total. The molecule has 0 aliphatic rings. The Hall–Kier alpha value is -2.63. The van der Waals surface area contributed by atoms with E-state index in [2.05, 4.69) is 10.3 Å². The lowest BCUT2D eigenvalue weighted by Gasteiger charge is -2.14. The normalized spacial score (nSPS) is 11.9. The Morgan fingerprint density at radius 3 is 2.71 bits per heavy atom. The number of amides is 1. The number of anilines is 1. The minimum Gasteiger partial charge on any atom is -0.463 e. The van der Waals surface area contributed by atoms with Gasteiger partial charge >= 0.3 is 0 Å². The quantitative estimate of drug-likeness (QED) is 0.676. The number of furan rings is 1. The summed E-state index contributed by atoms with van der Waals surface area (Å²) in [6.45, 7) is 0.228. The highest BCUT2D eigenvalue weighted by Gasteiger charge is 2.21. The summed E-state index contributed by atoms with van der Waals surface area (Å²) in [5.74, 6) is 0.644. The number of quaternary nitrogens is 1. The Morgan fingerprint density at radius 2 is 2.00 bits per heavy atom. The highest BCUT2D eigenvalue weighted by Crippen LogP contribution is 2.19. The van der Waals surface area contributed by atoms with Crippen LogP contribution in [0.3, 0.4) is 0 Å². The summed E-state index contributed by atoms with van der Waals surface area (Å²) in [6.07, 6.45) is 3.21. The Bertz CT molecular complexity index is 791. The molecule has 0 bridgehead atoms. The van der Waals surface area contributed by atoms with Gasteiger partial charge in [-0.05, 0) is 24.3 Å². The maximum Gasteiger partial charge on any atom is 0.279 e. The largest absolute Gasteiger partial charge is 0.463 e. The molecule has 3 N–H and O–H groups in total. The predicted molar refractivity (Wildman–Crippen MR) is 91.7 cm³/mol. The molecule has 3 rings (SSSR count). The van der Waals surface area contributed by atoms with Gasteiger partial charge in [-0.15, -0.1) is 0 Å². The zero-order valence-corrected chi connectivity index (χ0v) is 13.6. The van der Waals surface area contributed by atoms with Crippen molar-refractivity contribution in [3.8, 4) is 0 Å². The van der Waals surface area contributed by atoms with E-state index >= 15 is 0 Å². The van der Waals surface area contributed by atoms with E-state index in [1.807, 2.05) is 47.8 Å². The van der Waals surface area contributed by atoms with Gasteiger partial charge in [0.15, 0.2) is 23.5 Å².